The molecule has 4 rings (SSSR count). The number of aromatic nitrogens is 3. The number of anilines is 1. The maximum Gasteiger partial charge on any atom is 0.224 e. The second kappa shape index (κ2) is 8.23. The minimum atomic E-state index is -0.00505. The van der Waals surface area contributed by atoms with Crippen LogP contribution in [0.25, 0.3) is 11.4 Å². The lowest BCUT2D eigenvalue weighted by atomic mass is 10.1. The van der Waals surface area contributed by atoms with Crippen LogP contribution in [-0.4, -0.2) is 20.7 Å². The maximum atomic E-state index is 12.3. The molecule has 0 aliphatic carbocycles. The molecule has 0 atom stereocenters. The SMILES string of the molecule is O=C(CCc1ccsc1)Nc1ccc(Cl)c(-c2nnc3n2CCCCC3)c1. The fraction of sp³-hybridized carbons (Fsp3) is 0.350. The quantitative estimate of drug-likeness (QED) is 0.658. The van der Waals surface area contributed by atoms with Crippen molar-refractivity contribution >= 4 is 34.5 Å². The number of rotatable bonds is 5. The van der Waals surface area contributed by atoms with Crippen LogP contribution >= 0.6 is 22.9 Å². The molecular weight excluding hydrogens is 380 g/mol. The summed E-state index contributed by atoms with van der Waals surface area (Å²) < 4.78 is 2.16. The molecule has 0 radical (unpaired) electrons. The number of halogens is 1. The summed E-state index contributed by atoms with van der Waals surface area (Å²) in [6, 6.07) is 7.58. The highest BCUT2D eigenvalue weighted by molar-refractivity contribution is 7.07. The number of hydrogen-bond acceptors (Lipinski definition) is 4. The Bertz CT molecular complexity index is 936. The van der Waals surface area contributed by atoms with Crippen molar-refractivity contribution in [1.82, 2.24) is 14.8 Å². The molecule has 0 saturated carbocycles. The fourth-order valence-corrected chi connectivity index (χ4v) is 4.28. The first kappa shape index (κ1) is 18.2. The second-order valence-corrected chi connectivity index (χ2v) is 7.96. The van der Waals surface area contributed by atoms with Gasteiger partial charge in [-0.1, -0.05) is 18.0 Å². The average Bonchev–Trinajstić information content (AvgIpc) is 3.27. The standard InChI is InChI=1S/C20H21ClN4OS/c21-17-7-6-15(22-19(26)8-5-14-9-11-27-13-14)12-16(17)20-24-23-18-4-2-1-3-10-25(18)20/h6-7,9,11-13H,1-5,8,10H2,(H,22,26). The number of aryl methyl sites for hydroxylation is 2. The predicted molar refractivity (Wildman–Crippen MR) is 109 cm³/mol. The Morgan fingerprint density at radius 2 is 2.15 bits per heavy atom. The third kappa shape index (κ3) is 4.22. The Morgan fingerprint density at radius 3 is 3.00 bits per heavy atom. The summed E-state index contributed by atoms with van der Waals surface area (Å²) in [5, 5.41) is 16.4. The molecule has 1 amide bonds. The summed E-state index contributed by atoms with van der Waals surface area (Å²) in [6.07, 6.45) is 5.61. The van der Waals surface area contributed by atoms with E-state index >= 15 is 0 Å². The first-order chi connectivity index (χ1) is 13.2. The van der Waals surface area contributed by atoms with Gasteiger partial charge in [0.05, 0.1) is 5.02 Å². The number of carbonyl (C=O) groups is 1. The van der Waals surface area contributed by atoms with Crippen molar-refractivity contribution in [3.63, 3.8) is 0 Å². The van der Waals surface area contributed by atoms with Crippen molar-refractivity contribution in [2.24, 2.45) is 0 Å². The highest BCUT2D eigenvalue weighted by Crippen LogP contribution is 2.31. The molecule has 1 N–H and O–H groups in total. The third-order valence-corrected chi connectivity index (χ3v) is 5.88. The largest absolute Gasteiger partial charge is 0.326 e. The molecule has 2 aromatic heterocycles. The van der Waals surface area contributed by atoms with Gasteiger partial charge in [0.25, 0.3) is 0 Å². The average molecular weight is 401 g/mol. The lowest BCUT2D eigenvalue weighted by Crippen LogP contribution is -2.12. The normalized spacial score (nSPS) is 13.8. The van der Waals surface area contributed by atoms with Crippen molar-refractivity contribution in [2.45, 2.75) is 45.1 Å². The van der Waals surface area contributed by atoms with Gasteiger partial charge >= 0.3 is 0 Å². The van der Waals surface area contributed by atoms with Gasteiger partial charge in [-0.3, -0.25) is 4.79 Å². The van der Waals surface area contributed by atoms with Crippen LogP contribution in [0.3, 0.4) is 0 Å². The fourth-order valence-electron chi connectivity index (χ4n) is 3.37. The number of nitrogens with zero attached hydrogens (tertiary/aromatic N) is 3. The molecule has 7 heteroatoms. The Hall–Kier alpha value is -2.18. The molecule has 0 fully saturated rings. The van der Waals surface area contributed by atoms with E-state index in [-0.39, 0.29) is 5.91 Å². The van der Waals surface area contributed by atoms with Gasteiger partial charge in [0.2, 0.25) is 5.91 Å². The Labute approximate surface area is 167 Å². The van der Waals surface area contributed by atoms with E-state index in [0.29, 0.717) is 11.4 Å². The number of nitrogens with one attached hydrogen (secondary N) is 1. The molecule has 3 aromatic rings. The molecule has 0 unspecified atom stereocenters. The van der Waals surface area contributed by atoms with Crippen LogP contribution in [0.5, 0.6) is 0 Å². The van der Waals surface area contributed by atoms with E-state index in [2.05, 4.69) is 31.5 Å². The zero-order valence-electron chi connectivity index (χ0n) is 14.9. The number of hydrogen-bond donors (Lipinski definition) is 1. The summed E-state index contributed by atoms with van der Waals surface area (Å²) in [5.41, 5.74) is 2.74. The number of thiophene rings is 1. The lowest BCUT2D eigenvalue weighted by Gasteiger charge is -2.11. The molecule has 1 aromatic carbocycles. The van der Waals surface area contributed by atoms with Crippen LogP contribution in [0, 0.1) is 0 Å². The van der Waals surface area contributed by atoms with Gasteiger partial charge in [0.1, 0.15) is 5.82 Å². The molecule has 140 valence electrons. The van der Waals surface area contributed by atoms with Gasteiger partial charge in [-0.05, 0) is 59.9 Å². The summed E-state index contributed by atoms with van der Waals surface area (Å²) in [6.45, 7) is 0.908. The van der Waals surface area contributed by atoms with E-state index in [0.717, 1.165) is 55.1 Å². The van der Waals surface area contributed by atoms with Gasteiger partial charge in [0.15, 0.2) is 5.82 Å². The van der Waals surface area contributed by atoms with Crippen molar-refractivity contribution in [3.05, 3.63) is 51.4 Å². The van der Waals surface area contributed by atoms with E-state index in [1.807, 2.05) is 23.6 Å². The van der Waals surface area contributed by atoms with Crippen molar-refractivity contribution in [1.29, 1.82) is 0 Å². The van der Waals surface area contributed by atoms with Crippen molar-refractivity contribution in [3.8, 4) is 11.4 Å². The summed E-state index contributed by atoms with van der Waals surface area (Å²) in [4.78, 5) is 12.3. The third-order valence-electron chi connectivity index (χ3n) is 4.82. The molecule has 1 aliphatic rings. The van der Waals surface area contributed by atoms with E-state index in [4.69, 9.17) is 11.6 Å². The van der Waals surface area contributed by atoms with Crippen LogP contribution in [0.1, 0.15) is 37.1 Å². The van der Waals surface area contributed by atoms with Gasteiger partial charge in [-0.15, -0.1) is 10.2 Å². The number of fused-ring (bicyclic) bond motifs is 1. The molecular formula is C20H21ClN4OS. The predicted octanol–water partition coefficient (Wildman–Crippen LogP) is 4.96. The van der Waals surface area contributed by atoms with E-state index < -0.39 is 0 Å². The molecule has 3 heterocycles. The topological polar surface area (TPSA) is 59.8 Å². The summed E-state index contributed by atoms with van der Waals surface area (Å²) in [7, 11) is 0. The Balaban J connectivity index is 1.52. The van der Waals surface area contributed by atoms with Gasteiger partial charge in [-0.25, -0.2) is 0 Å². The van der Waals surface area contributed by atoms with Crippen molar-refractivity contribution in [2.75, 3.05) is 5.32 Å². The highest BCUT2D eigenvalue weighted by Gasteiger charge is 2.18. The van der Waals surface area contributed by atoms with Crippen LogP contribution in [0.15, 0.2) is 35.0 Å². The monoisotopic (exact) mass is 400 g/mol. The minimum absolute atomic E-state index is 0.00505. The minimum Gasteiger partial charge on any atom is -0.326 e. The summed E-state index contributed by atoms with van der Waals surface area (Å²) in [5.74, 6) is 1.80. The number of benzene rings is 1. The molecule has 1 aliphatic heterocycles. The number of amides is 1. The first-order valence-electron chi connectivity index (χ1n) is 9.23. The van der Waals surface area contributed by atoms with E-state index in [1.165, 1.54) is 12.0 Å². The van der Waals surface area contributed by atoms with E-state index in [1.54, 1.807) is 11.3 Å². The highest BCUT2D eigenvalue weighted by atomic mass is 35.5. The zero-order chi connectivity index (χ0) is 18.6. The van der Waals surface area contributed by atoms with E-state index in [9.17, 15) is 4.79 Å². The van der Waals surface area contributed by atoms with Gasteiger partial charge in [-0.2, -0.15) is 11.3 Å². The van der Waals surface area contributed by atoms with Crippen molar-refractivity contribution < 1.29 is 4.79 Å². The van der Waals surface area contributed by atoms with Crippen LogP contribution in [0.4, 0.5) is 5.69 Å². The van der Waals surface area contributed by atoms with Crippen LogP contribution in [-0.2, 0) is 24.2 Å². The van der Waals surface area contributed by atoms with Crippen LogP contribution < -0.4 is 5.32 Å². The Kier molecular flexibility index (Phi) is 5.55. The molecule has 0 bridgehead atoms. The summed E-state index contributed by atoms with van der Waals surface area (Å²) >= 11 is 8.09. The lowest BCUT2D eigenvalue weighted by molar-refractivity contribution is -0.116. The second-order valence-electron chi connectivity index (χ2n) is 6.78. The van der Waals surface area contributed by atoms with Crippen LogP contribution in [0.2, 0.25) is 5.02 Å². The molecule has 0 saturated heterocycles. The maximum absolute atomic E-state index is 12.3. The number of carbonyl (C=O) groups excluding carboxylic acids is 1. The molecule has 5 nitrogen and oxygen atoms in total. The van der Waals surface area contributed by atoms with Gasteiger partial charge in [0, 0.05) is 30.6 Å². The molecule has 0 spiro atoms. The smallest absolute Gasteiger partial charge is 0.224 e. The van der Waals surface area contributed by atoms with Gasteiger partial charge < -0.3 is 9.88 Å². The Morgan fingerprint density at radius 1 is 1.22 bits per heavy atom. The molecule has 27 heavy (non-hydrogen) atoms. The zero-order valence-corrected chi connectivity index (χ0v) is 16.5. The first-order valence-corrected chi connectivity index (χ1v) is 10.6.